The average molecular weight is 413 g/mol. The number of carbonyl (C=O) groups excluding carboxylic acids is 1. The van der Waals surface area contributed by atoms with Gasteiger partial charge >= 0.3 is 0 Å². The number of rotatable bonds is 7. The summed E-state index contributed by atoms with van der Waals surface area (Å²) in [6.07, 6.45) is 22.5. The lowest BCUT2D eigenvalue weighted by Gasteiger charge is -2.60. The molecule has 4 aliphatic carbocycles. The molecule has 0 radical (unpaired) electrons. The first-order valence-corrected chi connectivity index (χ1v) is 13.7. The Morgan fingerprint density at radius 2 is 1.63 bits per heavy atom. The van der Waals surface area contributed by atoms with E-state index in [4.69, 9.17) is 0 Å². The second-order valence-corrected chi connectivity index (χ2v) is 12.0. The molecule has 0 spiro atoms. The molecule has 0 aromatic rings. The van der Waals surface area contributed by atoms with Gasteiger partial charge in [0.15, 0.2) is 5.78 Å². The molecule has 0 saturated heterocycles. The van der Waals surface area contributed by atoms with Gasteiger partial charge in [0.1, 0.15) is 0 Å². The molecule has 0 aromatic heterocycles. The Kier molecular flexibility index (Phi) is 6.86. The summed E-state index contributed by atoms with van der Waals surface area (Å²) in [7, 11) is 0. The van der Waals surface area contributed by atoms with Crippen LogP contribution in [-0.2, 0) is 4.79 Å². The van der Waals surface area contributed by atoms with Gasteiger partial charge in [0.2, 0.25) is 0 Å². The second-order valence-electron chi connectivity index (χ2n) is 12.0. The van der Waals surface area contributed by atoms with Crippen LogP contribution in [0, 0.1) is 40.4 Å². The quantitative estimate of drug-likeness (QED) is 0.302. The highest BCUT2D eigenvalue weighted by Crippen LogP contribution is 2.68. The van der Waals surface area contributed by atoms with E-state index in [1.54, 1.807) is 0 Å². The molecule has 4 saturated carbocycles. The van der Waals surface area contributed by atoms with Crippen molar-refractivity contribution >= 4 is 5.78 Å². The van der Waals surface area contributed by atoms with E-state index in [1.165, 1.54) is 95.5 Å². The summed E-state index contributed by atoms with van der Waals surface area (Å²) >= 11 is 0. The van der Waals surface area contributed by atoms with E-state index < -0.39 is 0 Å². The Hall–Kier alpha value is -0.590. The fraction of sp³-hybridized carbons (Fsp3) is 0.897. The first-order chi connectivity index (χ1) is 14.5. The zero-order valence-electron chi connectivity index (χ0n) is 20.5. The zero-order chi connectivity index (χ0) is 21.4. The predicted octanol–water partition coefficient (Wildman–Crippen LogP) is 8.52. The number of ketones is 1. The van der Waals surface area contributed by atoms with Crippen LogP contribution in [-0.4, -0.2) is 5.78 Å². The molecule has 0 heterocycles. The molecule has 4 aliphatic rings. The fourth-order valence-electron chi connectivity index (χ4n) is 8.96. The minimum atomic E-state index is 0.339. The van der Waals surface area contributed by atoms with E-state index in [1.807, 2.05) is 0 Å². The molecule has 5 unspecified atom stereocenters. The van der Waals surface area contributed by atoms with Gasteiger partial charge in [-0.3, -0.25) is 4.79 Å². The smallest absolute Gasteiger partial charge is 0.162 e. The van der Waals surface area contributed by atoms with Gasteiger partial charge in [-0.05, 0) is 91.4 Å². The van der Waals surface area contributed by atoms with Crippen LogP contribution in [0.2, 0.25) is 0 Å². The summed E-state index contributed by atoms with van der Waals surface area (Å²) < 4.78 is 0. The summed E-state index contributed by atoms with van der Waals surface area (Å²) in [6, 6.07) is 0. The number of hydrogen-bond donors (Lipinski definition) is 0. The Morgan fingerprint density at radius 1 is 0.867 bits per heavy atom. The molecule has 30 heavy (non-hydrogen) atoms. The van der Waals surface area contributed by atoms with Gasteiger partial charge in [-0.15, -0.1) is 0 Å². The molecular formula is C29H48O. The van der Waals surface area contributed by atoms with Gasteiger partial charge in [-0.25, -0.2) is 0 Å². The molecule has 4 rings (SSSR count). The van der Waals surface area contributed by atoms with Crippen molar-refractivity contribution in [2.45, 2.75) is 124 Å². The third-order valence-electron chi connectivity index (χ3n) is 10.6. The van der Waals surface area contributed by atoms with Crippen molar-refractivity contribution in [3.05, 3.63) is 11.6 Å². The molecule has 0 aliphatic heterocycles. The molecule has 0 aromatic carbocycles. The molecule has 1 heteroatoms. The SMILES string of the molecule is CC/C=C1\C(=O)C2C(CC[C@]3(C)C(CCCCCCC)CCC23)[C@@]2(C)CCCCC12. The number of unbranched alkanes of at least 4 members (excludes halogenated alkanes) is 4. The van der Waals surface area contributed by atoms with Crippen molar-refractivity contribution < 1.29 is 4.79 Å². The highest BCUT2D eigenvalue weighted by molar-refractivity contribution is 5.99. The number of hydrogen-bond acceptors (Lipinski definition) is 1. The Bertz CT molecular complexity index is 647. The van der Waals surface area contributed by atoms with E-state index in [0.29, 0.717) is 40.3 Å². The second kappa shape index (κ2) is 9.11. The first kappa shape index (κ1) is 22.6. The Morgan fingerprint density at radius 3 is 2.40 bits per heavy atom. The molecule has 170 valence electrons. The molecule has 0 bridgehead atoms. The Labute approximate surface area is 186 Å². The maximum Gasteiger partial charge on any atom is 0.162 e. The van der Waals surface area contributed by atoms with E-state index in [-0.39, 0.29) is 0 Å². The van der Waals surface area contributed by atoms with Crippen LogP contribution in [0.3, 0.4) is 0 Å². The maximum atomic E-state index is 14.0. The van der Waals surface area contributed by atoms with Crippen LogP contribution in [0.4, 0.5) is 0 Å². The zero-order valence-corrected chi connectivity index (χ0v) is 20.5. The van der Waals surface area contributed by atoms with Crippen LogP contribution in [0.1, 0.15) is 124 Å². The third-order valence-corrected chi connectivity index (χ3v) is 10.6. The van der Waals surface area contributed by atoms with Crippen LogP contribution in [0.25, 0.3) is 0 Å². The van der Waals surface area contributed by atoms with Crippen LogP contribution in [0.5, 0.6) is 0 Å². The van der Waals surface area contributed by atoms with Crippen LogP contribution in [0.15, 0.2) is 11.6 Å². The van der Waals surface area contributed by atoms with Crippen LogP contribution < -0.4 is 0 Å². The normalized spacial score (nSPS) is 44.6. The van der Waals surface area contributed by atoms with E-state index in [2.05, 4.69) is 33.8 Å². The van der Waals surface area contributed by atoms with E-state index >= 15 is 0 Å². The Balaban J connectivity index is 1.55. The predicted molar refractivity (Wildman–Crippen MR) is 127 cm³/mol. The average Bonchev–Trinajstić information content (AvgIpc) is 3.07. The third kappa shape index (κ3) is 3.65. The van der Waals surface area contributed by atoms with Gasteiger partial charge in [-0.1, -0.05) is 78.7 Å². The highest BCUT2D eigenvalue weighted by Gasteiger charge is 2.63. The lowest BCUT2D eigenvalue weighted by molar-refractivity contribution is -0.145. The minimum absolute atomic E-state index is 0.339. The number of Topliss-reactive ketones (excluding diaryl/α,β-unsaturated/α-hetero) is 1. The van der Waals surface area contributed by atoms with Crippen molar-refractivity contribution in [1.29, 1.82) is 0 Å². The van der Waals surface area contributed by atoms with Crippen LogP contribution >= 0.6 is 0 Å². The monoisotopic (exact) mass is 412 g/mol. The topological polar surface area (TPSA) is 17.1 Å². The number of carbonyl (C=O) groups is 1. The summed E-state index contributed by atoms with van der Waals surface area (Å²) in [4.78, 5) is 14.0. The van der Waals surface area contributed by atoms with E-state index in [0.717, 1.165) is 12.3 Å². The summed E-state index contributed by atoms with van der Waals surface area (Å²) in [5, 5.41) is 0. The highest BCUT2D eigenvalue weighted by atomic mass is 16.1. The molecule has 0 N–H and O–H groups in total. The van der Waals surface area contributed by atoms with Gasteiger partial charge < -0.3 is 0 Å². The van der Waals surface area contributed by atoms with Crippen molar-refractivity contribution in [3.63, 3.8) is 0 Å². The lowest BCUT2D eigenvalue weighted by atomic mass is 9.43. The molecule has 7 atom stereocenters. The van der Waals surface area contributed by atoms with Crippen molar-refractivity contribution in [3.8, 4) is 0 Å². The minimum Gasteiger partial charge on any atom is -0.294 e. The van der Waals surface area contributed by atoms with Gasteiger partial charge in [0, 0.05) is 5.92 Å². The summed E-state index contributed by atoms with van der Waals surface area (Å²) in [6.45, 7) is 9.72. The van der Waals surface area contributed by atoms with Gasteiger partial charge in [0.25, 0.3) is 0 Å². The summed E-state index contributed by atoms with van der Waals surface area (Å²) in [5.41, 5.74) is 2.09. The molecular weight excluding hydrogens is 364 g/mol. The van der Waals surface area contributed by atoms with Gasteiger partial charge in [0.05, 0.1) is 0 Å². The van der Waals surface area contributed by atoms with Crippen molar-refractivity contribution in [1.82, 2.24) is 0 Å². The molecule has 0 amide bonds. The summed E-state index contributed by atoms with van der Waals surface area (Å²) in [5.74, 6) is 3.68. The lowest BCUT2D eigenvalue weighted by Crippen LogP contribution is -2.57. The largest absolute Gasteiger partial charge is 0.294 e. The molecule has 1 nitrogen and oxygen atoms in total. The van der Waals surface area contributed by atoms with E-state index in [9.17, 15) is 4.79 Å². The molecule has 4 fully saturated rings. The van der Waals surface area contributed by atoms with Gasteiger partial charge in [-0.2, -0.15) is 0 Å². The first-order valence-electron chi connectivity index (χ1n) is 13.7. The maximum absolute atomic E-state index is 14.0. The van der Waals surface area contributed by atoms with Crippen molar-refractivity contribution in [2.24, 2.45) is 40.4 Å². The fourth-order valence-corrected chi connectivity index (χ4v) is 8.96. The number of fused-ring (bicyclic) bond motifs is 5. The standard InChI is InChI=1S/C29H48O/c1-5-7-8-9-10-14-21-16-17-24-26-25(18-20-28(21,24)3)29(4)19-12-11-15-23(29)22(13-6-2)27(26)30/h13,21,23-26H,5-12,14-20H2,1-4H3/b22-13-/t21?,23?,24?,25?,26?,28-,29+/m1/s1. The number of allylic oxidation sites excluding steroid dienone is 2. The van der Waals surface area contributed by atoms with Crippen molar-refractivity contribution in [2.75, 3.05) is 0 Å².